The minimum Gasteiger partial charge on any atom is -0.303 e. The van der Waals surface area contributed by atoms with Crippen molar-refractivity contribution >= 4 is 5.78 Å². The van der Waals surface area contributed by atoms with Gasteiger partial charge in [-0.2, -0.15) is 0 Å². The van der Waals surface area contributed by atoms with Crippen LogP contribution in [-0.2, 0) is 14.1 Å². The second kappa shape index (κ2) is 3.43. The van der Waals surface area contributed by atoms with Crippen molar-refractivity contribution < 1.29 is 4.79 Å². The summed E-state index contributed by atoms with van der Waals surface area (Å²) in [5, 5.41) is 0. The summed E-state index contributed by atoms with van der Waals surface area (Å²) in [6, 6.07) is 0. The summed E-state index contributed by atoms with van der Waals surface area (Å²) in [4.78, 5) is 35.1. The maximum absolute atomic E-state index is 11.9. The fraction of sp³-hybridized carbons (Fsp3) is 0.545. The normalized spacial score (nSPS) is 23.2. The first kappa shape index (κ1) is 10.9. The van der Waals surface area contributed by atoms with Gasteiger partial charge in [0.1, 0.15) is 0 Å². The van der Waals surface area contributed by atoms with Gasteiger partial charge in [0.15, 0.2) is 5.78 Å². The smallest absolute Gasteiger partial charge is 0.303 e. The van der Waals surface area contributed by atoms with Crippen molar-refractivity contribution in [3.63, 3.8) is 0 Å². The standard InChI is InChI=1S/C11H14N2O3/c1-6-4-7(6)9(14)8-5-12(2)11(16)13(3)10(8)15/h5-7H,4H2,1-3H3. The van der Waals surface area contributed by atoms with Crippen LogP contribution in [0.25, 0.3) is 0 Å². The van der Waals surface area contributed by atoms with Crippen molar-refractivity contribution in [3.8, 4) is 0 Å². The van der Waals surface area contributed by atoms with Crippen LogP contribution in [0.5, 0.6) is 0 Å². The lowest BCUT2D eigenvalue weighted by Gasteiger charge is -2.05. The van der Waals surface area contributed by atoms with Crippen LogP contribution in [0.15, 0.2) is 15.8 Å². The molecular formula is C11H14N2O3. The number of Topliss-reactive ketones (excluding diaryl/α,β-unsaturated/α-hetero) is 1. The van der Waals surface area contributed by atoms with E-state index in [1.807, 2.05) is 6.92 Å². The lowest BCUT2D eigenvalue weighted by molar-refractivity contribution is 0.0959. The van der Waals surface area contributed by atoms with Gasteiger partial charge in [0, 0.05) is 26.2 Å². The minimum atomic E-state index is -0.493. The molecule has 0 aromatic carbocycles. The van der Waals surface area contributed by atoms with Gasteiger partial charge in [-0.25, -0.2) is 4.79 Å². The maximum atomic E-state index is 11.9. The predicted octanol–water partition coefficient (Wildman–Crippen LogP) is -0.0773. The first-order valence-corrected chi connectivity index (χ1v) is 5.24. The molecule has 2 atom stereocenters. The van der Waals surface area contributed by atoms with E-state index in [2.05, 4.69) is 0 Å². The number of aryl methyl sites for hydroxylation is 1. The van der Waals surface area contributed by atoms with Crippen molar-refractivity contribution in [2.24, 2.45) is 25.9 Å². The fourth-order valence-corrected chi connectivity index (χ4v) is 1.86. The van der Waals surface area contributed by atoms with Crippen LogP contribution < -0.4 is 11.2 Å². The Hall–Kier alpha value is -1.65. The van der Waals surface area contributed by atoms with Crippen molar-refractivity contribution in [1.82, 2.24) is 9.13 Å². The summed E-state index contributed by atoms with van der Waals surface area (Å²) in [6.45, 7) is 1.98. The molecule has 0 radical (unpaired) electrons. The maximum Gasteiger partial charge on any atom is 0.330 e. The zero-order chi connectivity index (χ0) is 12.0. The zero-order valence-electron chi connectivity index (χ0n) is 9.56. The van der Waals surface area contributed by atoms with E-state index in [-0.39, 0.29) is 17.3 Å². The van der Waals surface area contributed by atoms with Gasteiger partial charge >= 0.3 is 5.69 Å². The molecule has 5 nitrogen and oxygen atoms in total. The monoisotopic (exact) mass is 222 g/mol. The van der Waals surface area contributed by atoms with E-state index >= 15 is 0 Å². The van der Waals surface area contributed by atoms with E-state index in [4.69, 9.17) is 0 Å². The molecule has 0 saturated heterocycles. The molecule has 16 heavy (non-hydrogen) atoms. The van der Waals surface area contributed by atoms with E-state index in [1.54, 1.807) is 0 Å². The lowest BCUT2D eigenvalue weighted by Crippen LogP contribution is -2.39. The topological polar surface area (TPSA) is 61.1 Å². The molecule has 0 N–H and O–H groups in total. The van der Waals surface area contributed by atoms with Gasteiger partial charge in [-0.15, -0.1) is 0 Å². The number of aromatic nitrogens is 2. The molecule has 1 aromatic rings. The molecule has 2 unspecified atom stereocenters. The molecule has 1 aliphatic carbocycles. The molecule has 1 fully saturated rings. The third-order valence-corrected chi connectivity index (χ3v) is 3.16. The predicted molar refractivity (Wildman–Crippen MR) is 58.5 cm³/mol. The van der Waals surface area contributed by atoms with Gasteiger partial charge in [0.2, 0.25) is 0 Å². The summed E-state index contributed by atoms with van der Waals surface area (Å²) >= 11 is 0. The van der Waals surface area contributed by atoms with Crippen molar-refractivity contribution in [2.75, 3.05) is 0 Å². The Bertz CT molecular complexity index is 568. The largest absolute Gasteiger partial charge is 0.330 e. The highest BCUT2D eigenvalue weighted by Gasteiger charge is 2.40. The molecule has 2 rings (SSSR count). The Labute approximate surface area is 92.3 Å². The van der Waals surface area contributed by atoms with Crippen molar-refractivity contribution in [1.29, 1.82) is 0 Å². The van der Waals surface area contributed by atoms with Crippen LogP contribution in [0.2, 0.25) is 0 Å². The lowest BCUT2D eigenvalue weighted by atomic mass is 10.1. The third kappa shape index (κ3) is 1.52. The summed E-state index contributed by atoms with van der Waals surface area (Å²) in [6.07, 6.45) is 2.18. The summed E-state index contributed by atoms with van der Waals surface area (Å²) in [5.74, 6) is 0.184. The number of ketones is 1. The van der Waals surface area contributed by atoms with Crippen molar-refractivity contribution in [3.05, 3.63) is 32.6 Å². The Kier molecular flexibility index (Phi) is 2.33. The average Bonchev–Trinajstić information content (AvgIpc) is 2.97. The molecule has 0 amide bonds. The van der Waals surface area contributed by atoms with Crippen LogP contribution in [0.1, 0.15) is 23.7 Å². The van der Waals surface area contributed by atoms with Gasteiger partial charge in [0.05, 0.1) is 5.56 Å². The van der Waals surface area contributed by atoms with Crippen LogP contribution in [0.4, 0.5) is 0 Å². The highest BCUT2D eigenvalue weighted by atomic mass is 16.2. The first-order chi connectivity index (χ1) is 7.43. The van der Waals surface area contributed by atoms with E-state index in [0.717, 1.165) is 11.0 Å². The van der Waals surface area contributed by atoms with Crippen LogP contribution in [0.3, 0.4) is 0 Å². The highest BCUT2D eigenvalue weighted by Crippen LogP contribution is 2.39. The second-order valence-electron chi connectivity index (χ2n) is 4.48. The Morgan fingerprint density at radius 3 is 2.44 bits per heavy atom. The van der Waals surface area contributed by atoms with Gasteiger partial charge in [-0.05, 0) is 12.3 Å². The summed E-state index contributed by atoms with van der Waals surface area (Å²) < 4.78 is 2.24. The zero-order valence-corrected chi connectivity index (χ0v) is 9.56. The Morgan fingerprint density at radius 2 is 1.94 bits per heavy atom. The molecule has 1 aliphatic rings. The number of carbonyl (C=O) groups is 1. The molecular weight excluding hydrogens is 208 g/mol. The number of rotatable bonds is 2. The van der Waals surface area contributed by atoms with Crippen LogP contribution >= 0.6 is 0 Å². The van der Waals surface area contributed by atoms with Gasteiger partial charge in [0.25, 0.3) is 5.56 Å². The molecule has 86 valence electrons. The Morgan fingerprint density at radius 1 is 1.38 bits per heavy atom. The molecule has 1 aromatic heterocycles. The van der Waals surface area contributed by atoms with Gasteiger partial charge in [-0.1, -0.05) is 6.92 Å². The summed E-state index contributed by atoms with van der Waals surface area (Å²) in [7, 11) is 2.92. The highest BCUT2D eigenvalue weighted by molar-refractivity contribution is 5.99. The molecule has 1 saturated carbocycles. The van der Waals surface area contributed by atoms with E-state index in [1.165, 1.54) is 24.9 Å². The van der Waals surface area contributed by atoms with Crippen LogP contribution in [0, 0.1) is 11.8 Å². The fourth-order valence-electron chi connectivity index (χ4n) is 1.86. The molecule has 0 spiro atoms. The third-order valence-electron chi connectivity index (χ3n) is 3.16. The summed E-state index contributed by atoms with van der Waals surface area (Å²) in [5.41, 5.74) is -0.781. The van der Waals surface area contributed by atoms with Crippen LogP contribution in [-0.4, -0.2) is 14.9 Å². The quantitative estimate of drug-likeness (QED) is 0.658. The molecule has 1 heterocycles. The van der Waals surface area contributed by atoms with E-state index in [9.17, 15) is 14.4 Å². The molecule has 0 bridgehead atoms. The number of hydrogen-bond donors (Lipinski definition) is 0. The second-order valence-corrected chi connectivity index (χ2v) is 4.48. The van der Waals surface area contributed by atoms with E-state index < -0.39 is 11.2 Å². The van der Waals surface area contributed by atoms with Gasteiger partial charge < -0.3 is 4.57 Å². The Balaban J connectivity index is 2.54. The van der Waals surface area contributed by atoms with Gasteiger partial charge in [-0.3, -0.25) is 14.2 Å². The first-order valence-electron chi connectivity index (χ1n) is 5.24. The number of carbonyl (C=O) groups excluding carboxylic acids is 1. The minimum absolute atomic E-state index is 0.0368. The number of nitrogens with zero attached hydrogens (tertiary/aromatic N) is 2. The SMILES string of the molecule is CC1CC1C(=O)c1cn(C)c(=O)n(C)c1=O. The van der Waals surface area contributed by atoms with Crippen molar-refractivity contribution in [2.45, 2.75) is 13.3 Å². The molecule has 0 aliphatic heterocycles. The van der Waals surface area contributed by atoms with E-state index in [0.29, 0.717) is 5.92 Å². The average molecular weight is 222 g/mol. The number of hydrogen-bond acceptors (Lipinski definition) is 3. The molecule has 5 heteroatoms.